The van der Waals surface area contributed by atoms with Gasteiger partial charge in [0.25, 0.3) is 0 Å². The first-order valence-electron chi connectivity index (χ1n) is 6.96. The van der Waals surface area contributed by atoms with Gasteiger partial charge in [-0.05, 0) is 26.8 Å². The summed E-state index contributed by atoms with van der Waals surface area (Å²) in [4.78, 5) is 8.58. The molecule has 2 rings (SSSR count). The van der Waals surface area contributed by atoms with Crippen LogP contribution in [0.3, 0.4) is 0 Å². The second-order valence-corrected chi connectivity index (χ2v) is 7.08. The average molecular weight is 283 g/mol. The van der Waals surface area contributed by atoms with Gasteiger partial charge < -0.3 is 15.0 Å². The van der Waals surface area contributed by atoms with Crippen LogP contribution in [0.25, 0.3) is 0 Å². The highest BCUT2D eigenvalue weighted by Crippen LogP contribution is 2.32. The molecule has 0 bridgehead atoms. The van der Waals surface area contributed by atoms with Crippen molar-refractivity contribution in [2.24, 2.45) is 0 Å². The number of aromatic nitrogens is 1. The molecule has 1 fully saturated rings. The summed E-state index contributed by atoms with van der Waals surface area (Å²) in [6.07, 6.45) is 0. The lowest BCUT2D eigenvalue weighted by atomic mass is 10.1. The van der Waals surface area contributed by atoms with Crippen molar-refractivity contribution >= 4 is 16.5 Å². The van der Waals surface area contributed by atoms with Crippen LogP contribution in [0, 0.1) is 0 Å². The summed E-state index contributed by atoms with van der Waals surface area (Å²) in [6.45, 7) is 12.2. The topological polar surface area (TPSA) is 37.4 Å². The van der Waals surface area contributed by atoms with E-state index in [1.165, 1.54) is 10.6 Å². The van der Waals surface area contributed by atoms with E-state index in [9.17, 15) is 0 Å². The largest absolute Gasteiger partial charge is 0.372 e. The molecule has 1 aromatic rings. The molecule has 0 aliphatic carbocycles. The van der Waals surface area contributed by atoms with Gasteiger partial charge in [-0.3, -0.25) is 0 Å². The third-order valence-electron chi connectivity index (χ3n) is 3.30. The fourth-order valence-electron chi connectivity index (χ4n) is 2.40. The molecule has 0 unspecified atom stereocenters. The van der Waals surface area contributed by atoms with Gasteiger partial charge in [0.05, 0.1) is 17.9 Å². The zero-order valence-corrected chi connectivity index (χ0v) is 13.4. The van der Waals surface area contributed by atoms with E-state index in [0.717, 1.165) is 31.4 Å². The molecule has 1 N–H and O–H groups in total. The SMILES string of the molecule is CNCc1sc(N2CCOC(C)(C)C2)nc1C(C)C. The van der Waals surface area contributed by atoms with E-state index in [-0.39, 0.29) is 5.60 Å². The van der Waals surface area contributed by atoms with Gasteiger partial charge in [0.15, 0.2) is 5.13 Å². The number of anilines is 1. The van der Waals surface area contributed by atoms with Crippen molar-refractivity contribution in [2.75, 3.05) is 31.6 Å². The first-order chi connectivity index (χ1) is 8.93. The van der Waals surface area contributed by atoms with Crippen molar-refractivity contribution in [1.82, 2.24) is 10.3 Å². The van der Waals surface area contributed by atoms with Crippen LogP contribution in [-0.2, 0) is 11.3 Å². The molecule has 1 aromatic heterocycles. The van der Waals surface area contributed by atoms with Gasteiger partial charge in [-0.25, -0.2) is 4.98 Å². The summed E-state index contributed by atoms with van der Waals surface area (Å²) in [7, 11) is 1.99. The summed E-state index contributed by atoms with van der Waals surface area (Å²) >= 11 is 1.82. The smallest absolute Gasteiger partial charge is 0.186 e. The Balaban J connectivity index is 2.22. The molecule has 0 saturated carbocycles. The van der Waals surface area contributed by atoms with Crippen molar-refractivity contribution in [2.45, 2.75) is 45.8 Å². The molecular formula is C14H25N3OS. The normalized spacial score (nSPS) is 19.2. The second-order valence-electron chi connectivity index (χ2n) is 6.02. The maximum absolute atomic E-state index is 5.77. The number of ether oxygens (including phenoxy) is 1. The second kappa shape index (κ2) is 5.77. The first-order valence-corrected chi connectivity index (χ1v) is 7.77. The molecule has 0 spiro atoms. The predicted octanol–water partition coefficient (Wildman–Crippen LogP) is 2.60. The van der Waals surface area contributed by atoms with Crippen molar-refractivity contribution in [3.63, 3.8) is 0 Å². The maximum Gasteiger partial charge on any atom is 0.186 e. The highest BCUT2D eigenvalue weighted by molar-refractivity contribution is 7.15. The van der Waals surface area contributed by atoms with Crippen molar-refractivity contribution < 1.29 is 4.74 Å². The van der Waals surface area contributed by atoms with Crippen LogP contribution in [-0.4, -0.2) is 37.3 Å². The Labute approximate surface area is 120 Å². The lowest BCUT2D eigenvalue weighted by Crippen LogP contribution is -2.48. The van der Waals surface area contributed by atoms with E-state index in [1.54, 1.807) is 0 Å². The van der Waals surface area contributed by atoms with Crippen LogP contribution in [0.1, 0.15) is 44.2 Å². The molecule has 0 atom stereocenters. The molecule has 0 aromatic carbocycles. The van der Waals surface area contributed by atoms with Crippen LogP contribution in [0.2, 0.25) is 0 Å². The monoisotopic (exact) mass is 283 g/mol. The average Bonchev–Trinajstić information content (AvgIpc) is 2.72. The number of nitrogens with zero attached hydrogens (tertiary/aromatic N) is 2. The fraction of sp³-hybridized carbons (Fsp3) is 0.786. The Morgan fingerprint density at radius 3 is 2.79 bits per heavy atom. The van der Waals surface area contributed by atoms with Gasteiger partial charge in [-0.15, -0.1) is 11.3 Å². The number of nitrogens with one attached hydrogen (secondary N) is 1. The Morgan fingerprint density at radius 2 is 2.21 bits per heavy atom. The quantitative estimate of drug-likeness (QED) is 0.921. The number of hydrogen-bond donors (Lipinski definition) is 1. The molecule has 1 saturated heterocycles. The van der Waals surface area contributed by atoms with Gasteiger partial charge in [0, 0.05) is 24.5 Å². The molecule has 0 amide bonds. The summed E-state index contributed by atoms with van der Waals surface area (Å²) in [5.74, 6) is 0.474. The fourth-order valence-corrected chi connectivity index (χ4v) is 3.66. The molecule has 19 heavy (non-hydrogen) atoms. The van der Waals surface area contributed by atoms with Crippen LogP contribution >= 0.6 is 11.3 Å². The lowest BCUT2D eigenvalue weighted by Gasteiger charge is -2.38. The molecule has 108 valence electrons. The molecule has 2 heterocycles. The molecule has 1 aliphatic heterocycles. The summed E-state index contributed by atoms with van der Waals surface area (Å²) in [5.41, 5.74) is 1.16. The highest BCUT2D eigenvalue weighted by atomic mass is 32.1. The maximum atomic E-state index is 5.77. The van der Waals surface area contributed by atoms with Crippen LogP contribution < -0.4 is 10.2 Å². The predicted molar refractivity (Wildman–Crippen MR) is 81.2 cm³/mol. The molecule has 4 nitrogen and oxygen atoms in total. The Hall–Kier alpha value is -0.650. The van der Waals surface area contributed by atoms with E-state index in [0.29, 0.717) is 5.92 Å². The minimum atomic E-state index is -0.0783. The number of morpholine rings is 1. The van der Waals surface area contributed by atoms with E-state index in [1.807, 2.05) is 18.4 Å². The third kappa shape index (κ3) is 3.46. The number of hydrogen-bond acceptors (Lipinski definition) is 5. The van der Waals surface area contributed by atoms with E-state index in [2.05, 4.69) is 37.9 Å². The van der Waals surface area contributed by atoms with Crippen molar-refractivity contribution in [3.05, 3.63) is 10.6 Å². The zero-order chi connectivity index (χ0) is 14.0. The summed E-state index contributed by atoms with van der Waals surface area (Å²) < 4.78 is 5.77. The molecular weight excluding hydrogens is 258 g/mol. The molecule has 0 radical (unpaired) electrons. The zero-order valence-electron chi connectivity index (χ0n) is 12.6. The lowest BCUT2D eigenvalue weighted by molar-refractivity contribution is -0.0277. The minimum absolute atomic E-state index is 0.0783. The first kappa shape index (κ1) is 14.8. The van der Waals surface area contributed by atoms with E-state index in [4.69, 9.17) is 9.72 Å². The van der Waals surface area contributed by atoms with Gasteiger partial charge in [-0.2, -0.15) is 0 Å². The van der Waals surface area contributed by atoms with Gasteiger partial charge in [0.1, 0.15) is 0 Å². The van der Waals surface area contributed by atoms with Gasteiger partial charge in [-0.1, -0.05) is 13.8 Å². The Morgan fingerprint density at radius 1 is 1.47 bits per heavy atom. The van der Waals surface area contributed by atoms with Crippen LogP contribution in [0.5, 0.6) is 0 Å². The van der Waals surface area contributed by atoms with Gasteiger partial charge >= 0.3 is 0 Å². The standard InChI is InChI=1S/C14H25N3OS/c1-10(2)12-11(8-15-5)19-13(16-12)17-6-7-18-14(3,4)9-17/h10,15H,6-9H2,1-5H3. The third-order valence-corrected chi connectivity index (χ3v) is 4.43. The Kier molecular flexibility index (Phi) is 4.48. The van der Waals surface area contributed by atoms with Crippen molar-refractivity contribution in [3.8, 4) is 0 Å². The summed E-state index contributed by atoms with van der Waals surface area (Å²) in [5, 5.41) is 4.38. The van der Waals surface area contributed by atoms with E-state index >= 15 is 0 Å². The minimum Gasteiger partial charge on any atom is -0.372 e. The highest BCUT2D eigenvalue weighted by Gasteiger charge is 2.29. The molecule has 5 heteroatoms. The summed E-state index contributed by atoms with van der Waals surface area (Å²) in [6, 6.07) is 0. The number of rotatable bonds is 4. The number of thiazole rings is 1. The van der Waals surface area contributed by atoms with Crippen molar-refractivity contribution in [1.29, 1.82) is 0 Å². The molecule has 1 aliphatic rings. The van der Waals surface area contributed by atoms with E-state index < -0.39 is 0 Å². The van der Waals surface area contributed by atoms with Crippen LogP contribution in [0.4, 0.5) is 5.13 Å². The van der Waals surface area contributed by atoms with Gasteiger partial charge in [0.2, 0.25) is 0 Å². The van der Waals surface area contributed by atoms with Crippen LogP contribution in [0.15, 0.2) is 0 Å². The Bertz CT molecular complexity index is 428.